The molecule has 1 atom stereocenters. The third kappa shape index (κ3) is 5.36. The predicted octanol–water partition coefficient (Wildman–Crippen LogP) is 4.41. The number of carbonyl (C=O) groups is 1. The van der Waals surface area contributed by atoms with E-state index < -0.39 is 0 Å². The van der Waals surface area contributed by atoms with Crippen LogP contribution in [0.5, 0.6) is 0 Å². The van der Waals surface area contributed by atoms with Crippen LogP contribution in [0.4, 0.5) is 0 Å². The molecular weight excluding hydrogens is 456 g/mol. The van der Waals surface area contributed by atoms with Gasteiger partial charge in [-0.05, 0) is 41.7 Å². The van der Waals surface area contributed by atoms with Crippen molar-refractivity contribution < 1.29 is 4.79 Å². The van der Waals surface area contributed by atoms with E-state index in [1.807, 2.05) is 11.0 Å². The number of amides is 1. The van der Waals surface area contributed by atoms with Gasteiger partial charge in [0.1, 0.15) is 10.7 Å². The van der Waals surface area contributed by atoms with Crippen LogP contribution in [0.25, 0.3) is 10.2 Å². The standard InChI is InChI=1S/C28H36N4O2S/c1-28(2,3)20-9-10-21-22(17-20)35-27-25(21)26(34)29-23(30-27)11-12-24(33)32-15-13-31(14-16-32)18-19-7-5-4-6-8-19/h4-8,20H,9-18H2,1-3H3,(H,29,30,34)/t20-/m1/s1. The molecule has 1 aromatic carbocycles. The van der Waals surface area contributed by atoms with Crippen molar-refractivity contribution in [1.82, 2.24) is 19.8 Å². The third-order valence-electron chi connectivity index (χ3n) is 7.74. The van der Waals surface area contributed by atoms with Gasteiger partial charge in [0.05, 0.1) is 5.39 Å². The fourth-order valence-electron chi connectivity index (χ4n) is 5.47. The van der Waals surface area contributed by atoms with Gasteiger partial charge in [-0.25, -0.2) is 4.98 Å². The molecule has 3 heterocycles. The van der Waals surface area contributed by atoms with E-state index in [0.717, 1.165) is 62.2 Å². The molecule has 0 saturated carbocycles. The van der Waals surface area contributed by atoms with Gasteiger partial charge in [0.25, 0.3) is 5.56 Å². The van der Waals surface area contributed by atoms with Crippen molar-refractivity contribution in [3.8, 4) is 0 Å². The van der Waals surface area contributed by atoms with Gasteiger partial charge >= 0.3 is 0 Å². The SMILES string of the molecule is CC(C)(C)[C@@H]1CCc2c(sc3nc(CCC(=O)N4CCN(Cc5ccccc5)CC4)[nH]c(=O)c23)C1. The average molecular weight is 493 g/mol. The highest BCUT2D eigenvalue weighted by Crippen LogP contribution is 2.42. The zero-order valence-corrected chi connectivity index (χ0v) is 21.9. The lowest BCUT2D eigenvalue weighted by Crippen LogP contribution is -2.48. The molecule has 1 aliphatic heterocycles. The molecule has 6 nitrogen and oxygen atoms in total. The molecule has 1 saturated heterocycles. The number of nitrogens with one attached hydrogen (secondary N) is 1. The maximum Gasteiger partial charge on any atom is 0.259 e. The normalized spacial score (nSPS) is 19.2. The van der Waals surface area contributed by atoms with E-state index in [4.69, 9.17) is 4.98 Å². The zero-order valence-electron chi connectivity index (χ0n) is 21.1. The Kier molecular flexibility index (Phi) is 6.82. The summed E-state index contributed by atoms with van der Waals surface area (Å²) in [4.78, 5) is 40.1. The number of thiophene rings is 1. The lowest BCUT2D eigenvalue weighted by atomic mass is 9.72. The molecule has 186 valence electrons. The van der Waals surface area contributed by atoms with E-state index in [9.17, 15) is 9.59 Å². The molecule has 5 rings (SSSR count). The number of hydrogen-bond donors (Lipinski definition) is 1. The summed E-state index contributed by atoms with van der Waals surface area (Å²) in [6.45, 7) is 11.1. The Morgan fingerprint density at radius 3 is 2.60 bits per heavy atom. The van der Waals surface area contributed by atoms with Gasteiger partial charge in [-0.1, -0.05) is 51.1 Å². The zero-order chi connectivity index (χ0) is 24.6. The summed E-state index contributed by atoms with van der Waals surface area (Å²) in [7, 11) is 0. The molecule has 1 amide bonds. The van der Waals surface area contributed by atoms with Crippen LogP contribution in [0, 0.1) is 11.3 Å². The summed E-state index contributed by atoms with van der Waals surface area (Å²) in [5, 5.41) is 0.780. The van der Waals surface area contributed by atoms with Crippen LogP contribution >= 0.6 is 11.3 Å². The molecular formula is C28H36N4O2S. The van der Waals surface area contributed by atoms with Crippen molar-refractivity contribution in [2.45, 2.75) is 59.4 Å². The molecule has 0 bridgehead atoms. The minimum atomic E-state index is -0.0429. The van der Waals surface area contributed by atoms with Crippen LogP contribution in [0.2, 0.25) is 0 Å². The minimum Gasteiger partial charge on any atom is -0.340 e. The van der Waals surface area contributed by atoms with Gasteiger partial charge in [-0.3, -0.25) is 14.5 Å². The second-order valence-electron chi connectivity index (χ2n) is 11.1. The second kappa shape index (κ2) is 9.86. The quantitative estimate of drug-likeness (QED) is 0.573. The van der Waals surface area contributed by atoms with Crippen molar-refractivity contribution >= 4 is 27.5 Å². The Morgan fingerprint density at radius 2 is 1.89 bits per heavy atom. The van der Waals surface area contributed by atoms with E-state index in [1.54, 1.807) is 11.3 Å². The predicted molar refractivity (Wildman–Crippen MR) is 142 cm³/mol. The number of nitrogens with zero attached hydrogens (tertiary/aromatic N) is 3. The number of rotatable bonds is 5. The first-order valence-electron chi connectivity index (χ1n) is 12.9. The number of fused-ring (bicyclic) bond motifs is 3. The summed E-state index contributed by atoms with van der Waals surface area (Å²) in [6, 6.07) is 10.5. The maximum absolute atomic E-state index is 13.0. The first kappa shape index (κ1) is 24.2. The molecule has 7 heteroatoms. The second-order valence-corrected chi connectivity index (χ2v) is 12.2. The Bertz CT molecular complexity index is 1250. The summed E-state index contributed by atoms with van der Waals surface area (Å²) in [5.41, 5.74) is 2.74. The molecule has 1 fully saturated rings. The van der Waals surface area contributed by atoms with Gasteiger partial charge in [-0.15, -0.1) is 11.3 Å². The van der Waals surface area contributed by atoms with Crippen LogP contribution < -0.4 is 5.56 Å². The van der Waals surface area contributed by atoms with Gasteiger partial charge in [0.2, 0.25) is 5.91 Å². The van der Waals surface area contributed by atoms with E-state index >= 15 is 0 Å². The molecule has 0 spiro atoms. The first-order chi connectivity index (χ1) is 16.8. The summed E-state index contributed by atoms with van der Waals surface area (Å²) in [6.07, 6.45) is 3.96. The molecule has 0 unspecified atom stereocenters. The first-order valence-corrected chi connectivity index (χ1v) is 13.7. The number of H-pyrrole nitrogens is 1. The van der Waals surface area contributed by atoms with Gasteiger partial charge in [0, 0.05) is 50.4 Å². The number of carbonyl (C=O) groups excluding carboxylic acids is 1. The molecule has 35 heavy (non-hydrogen) atoms. The monoisotopic (exact) mass is 492 g/mol. The summed E-state index contributed by atoms with van der Waals surface area (Å²) < 4.78 is 0. The smallest absolute Gasteiger partial charge is 0.259 e. The third-order valence-corrected chi connectivity index (χ3v) is 8.89. The lowest BCUT2D eigenvalue weighted by Gasteiger charge is -2.34. The van der Waals surface area contributed by atoms with Crippen molar-refractivity contribution in [3.05, 3.63) is 62.5 Å². The summed E-state index contributed by atoms with van der Waals surface area (Å²) in [5.74, 6) is 1.41. The largest absolute Gasteiger partial charge is 0.340 e. The van der Waals surface area contributed by atoms with E-state index in [2.05, 4.69) is 54.9 Å². The van der Waals surface area contributed by atoms with Crippen molar-refractivity contribution in [1.29, 1.82) is 0 Å². The average Bonchev–Trinajstić information content (AvgIpc) is 3.21. The van der Waals surface area contributed by atoms with Crippen molar-refractivity contribution in [2.75, 3.05) is 26.2 Å². The number of aromatic amines is 1. The minimum absolute atomic E-state index is 0.0429. The molecule has 2 aromatic heterocycles. The van der Waals surface area contributed by atoms with Gasteiger partial charge in [0.15, 0.2) is 0 Å². The van der Waals surface area contributed by atoms with Crippen molar-refractivity contribution in [3.63, 3.8) is 0 Å². The number of aryl methyl sites for hydroxylation is 2. The highest BCUT2D eigenvalue weighted by Gasteiger charge is 2.31. The van der Waals surface area contributed by atoms with E-state index in [-0.39, 0.29) is 16.9 Å². The molecule has 3 aromatic rings. The van der Waals surface area contributed by atoms with Crippen LogP contribution in [-0.4, -0.2) is 51.9 Å². The Hall–Kier alpha value is -2.51. The number of aromatic nitrogens is 2. The lowest BCUT2D eigenvalue weighted by molar-refractivity contribution is -0.133. The summed E-state index contributed by atoms with van der Waals surface area (Å²) >= 11 is 1.68. The van der Waals surface area contributed by atoms with E-state index in [1.165, 1.54) is 16.0 Å². The maximum atomic E-state index is 13.0. The highest BCUT2D eigenvalue weighted by atomic mass is 32.1. The van der Waals surface area contributed by atoms with Crippen LogP contribution in [0.1, 0.15) is 55.4 Å². The number of benzene rings is 1. The van der Waals surface area contributed by atoms with Gasteiger partial charge in [-0.2, -0.15) is 0 Å². The van der Waals surface area contributed by atoms with Crippen LogP contribution in [0.15, 0.2) is 35.1 Å². The van der Waals surface area contributed by atoms with Crippen LogP contribution in [0.3, 0.4) is 0 Å². The fourth-order valence-corrected chi connectivity index (χ4v) is 6.79. The Labute approximate surface area is 211 Å². The molecule has 0 radical (unpaired) electrons. The van der Waals surface area contributed by atoms with Crippen molar-refractivity contribution in [2.24, 2.45) is 11.3 Å². The van der Waals surface area contributed by atoms with Gasteiger partial charge < -0.3 is 9.88 Å². The van der Waals surface area contributed by atoms with Crippen LogP contribution in [-0.2, 0) is 30.6 Å². The molecule has 2 aliphatic rings. The Balaban J connectivity index is 1.19. The highest BCUT2D eigenvalue weighted by molar-refractivity contribution is 7.18. The Morgan fingerprint density at radius 1 is 1.14 bits per heavy atom. The molecule has 1 N–H and O–H groups in total. The van der Waals surface area contributed by atoms with E-state index in [0.29, 0.717) is 24.6 Å². The topological polar surface area (TPSA) is 69.3 Å². The fraction of sp³-hybridized carbons (Fsp3) is 0.536. The molecule has 1 aliphatic carbocycles. The number of hydrogen-bond acceptors (Lipinski definition) is 5. The number of piperazine rings is 1.